The number of aromatic nitrogens is 1. The van der Waals surface area contributed by atoms with Gasteiger partial charge < -0.3 is 0 Å². The molecule has 21 heavy (non-hydrogen) atoms. The normalized spacial score (nSPS) is 12.0. The molecule has 1 aromatic heterocycles. The number of nitrogens with zero attached hydrogens (tertiary/aromatic N) is 1. The van der Waals surface area contributed by atoms with Crippen molar-refractivity contribution in [3.8, 4) is 0 Å². The molecule has 0 spiro atoms. The Morgan fingerprint density at radius 2 is 1.90 bits per heavy atom. The van der Waals surface area contributed by atoms with Crippen LogP contribution >= 0.6 is 27.3 Å². The van der Waals surface area contributed by atoms with Crippen molar-refractivity contribution in [1.29, 1.82) is 0 Å². The van der Waals surface area contributed by atoms with Crippen molar-refractivity contribution in [3.05, 3.63) is 63.1 Å². The largest absolute Gasteiger partial charge is 0.416 e. The molecule has 0 radical (unpaired) electrons. The molecule has 0 aliphatic rings. The molecule has 0 saturated heterocycles. The van der Waals surface area contributed by atoms with Crippen LogP contribution in [0, 0.1) is 0 Å². The summed E-state index contributed by atoms with van der Waals surface area (Å²) in [5.41, 5.74) is 0.858. The summed E-state index contributed by atoms with van der Waals surface area (Å²) < 4.78 is 40.1. The number of hydrogen-bond donors (Lipinski definition) is 0. The van der Waals surface area contributed by atoms with Crippen LogP contribution < -0.4 is 0 Å². The van der Waals surface area contributed by atoms with E-state index in [9.17, 15) is 13.2 Å². The lowest BCUT2D eigenvalue weighted by Crippen LogP contribution is -2.05. The average molecular weight is 372 g/mol. The molecule has 0 amide bonds. The van der Waals surface area contributed by atoms with Crippen LogP contribution in [0.3, 0.4) is 0 Å². The molecule has 0 aliphatic carbocycles. The Balaban J connectivity index is 1.91. The summed E-state index contributed by atoms with van der Waals surface area (Å²) in [5, 5.41) is 0.808. The Kier molecular flexibility index (Phi) is 3.75. The maximum absolute atomic E-state index is 12.7. The number of rotatable bonds is 2. The van der Waals surface area contributed by atoms with Gasteiger partial charge in [0.05, 0.1) is 20.8 Å². The second kappa shape index (κ2) is 5.42. The lowest BCUT2D eigenvalue weighted by Gasteiger charge is -2.07. The van der Waals surface area contributed by atoms with Crippen LogP contribution in [-0.2, 0) is 12.6 Å². The minimum atomic E-state index is -4.31. The molecule has 3 aromatic rings. The van der Waals surface area contributed by atoms with Crippen LogP contribution in [0.5, 0.6) is 0 Å². The molecule has 0 aliphatic heterocycles. The molecule has 2 aromatic carbocycles. The molecule has 1 heterocycles. The maximum Gasteiger partial charge on any atom is 0.416 e. The summed E-state index contributed by atoms with van der Waals surface area (Å²) in [6.07, 6.45) is -3.91. The van der Waals surface area contributed by atoms with Gasteiger partial charge in [-0.1, -0.05) is 34.1 Å². The fourth-order valence-electron chi connectivity index (χ4n) is 2.05. The van der Waals surface area contributed by atoms with E-state index in [0.717, 1.165) is 25.8 Å². The van der Waals surface area contributed by atoms with Crippen LogP contribution in [0.25, 0.3) is 10.2 Å². The number of alkyl halides is 3. The molecule has 0 bridgehead atoms. The van der Waals surface area contributed by atoms with E-state index in [0.29, 0.717) is 12.0 Å². The molecule has 0 atom stereocenters. The molecule has 0 saturated carbocycles. The highest BCUT2D eigenvalue weighted by atomic mass is 79.9. The van der Waals surface area contributed by atoms with Gasteiger partial charge >= 0.3 is 6.18 Å². The van der Waals surface area contributed by atoms with E-state index in [1.807, 2.05) is 18.2 Å². The summed E-state index contributed by atoms with van der Waals surface area (Å²) >= 11 is 4.89. The lowest BCUT2D eigenvalue weighted by atomic mass is 10.1. The van der Waals surface area contributed by atoms with Gasteiger partial charge in [-0.2, -0.15) is 13.2 Å². The number of benzene rings is 2. The zero-order valence-corrected chi connectivity index (χ0v) is 13.0. The third kappa shape index (κ3) is 3.27. The van der Waals surface area contributed by atoms with Crippen molar-refractivity contribution in [1.82, 2.24) is 4.98 Å². The Morgan fingerprint density at radius 3 is 2.67 bits per heavy atom. The first-order valence-electron chi connectivity index (χ1n) is 6.13. The van der Waals surface area contributed by atoms with Gasteiger partial charge in [0.25, 0.3) is 0 Å². The second-order valence-corrected chi connectivity index (χ2v) is 6.63. The summed E-state index contributed by atoms with van der Waals surface area (Å²) in [4.78, 5) is 4.46. The zero-order chi connectivity index (χ0) is 15.0. The monoisotopic (exact) mass is 371 g/mol. The van der Waals surface area contributed by atoms with Crippen LogP contribution in [0.15, 0.2) is 46.9 Å². The van der Waals surface area contributed by atoms with E-state index in [2.05, 4.69) is 20.9 Å². The fourth-order valence-corrected chi connectivity index (χ4v) is 3.61. The van der Waals surface area contributed by atoms with Crippen molar-refractivity contribution >= 4 is 37.5 Å². The van der Waals surface area contributed by atoms with E-state index in [1.165, 1.54) is 23.5 Å². The molecule has 0 N–H and O–H groups in total. The highest BCUT2D eigenvalue weighted by Gasteiger charge is 2.30. The molecular formula is C15H9BrF3NS. The smallest absolute Gasteiger partial charge is 0.241 e. The van der Waals surface area contributed by atoms with Crippen LogP contribution in [0.1, 0.15) is 16.1 Å². The predicted molar refractivity (Wildman–Crippen MR) is 81.6 cm³/mol. The summed E-state index contributed by atoms with van der Waals surface area (Å²) in [5.74, 6) is 0. The van der Waals surface area contributed by atoms with E-state index < -0.39 is 11.7 Å². The van der Waals surface area contributed by atoms with Crippen molar-refractivity contribution in [3.63, 3.8) is 0 Å². The number of hydrogen-bond acceptors (Lipinski definition) is 2. The maximum atomic E-state index is 12.7. The highest BCUT2D eigenvalue weighted by Crippen LogP contribution is 2.31. The minimum absolute atomic E-state index is 0.404. The first kappa shape index (κ1) is 14.5. The van der Waals surface area contributed by atoms with Gasteiger partial charge in [-0.15, -0.1) is 11.3 Å². The molecule has 3 rings (SSSR count). The molecule has 0 fully saturated rings. The van der Waals surface area contributed by atoms with Gasteiger partial charge in [-0.05, 0) is 29.8 Å². The van der Waals surface area contributed by atoms with Crippen molar-refractivity contribution in [2.24, 2.45) is 0 Å². The van der Waals surface area contributed by atoms with Crippen LogP contribution in [-0.4, -0.2) is 4.98 Å². The Bertz CT molecular complexity index is 795. The van der Waals surface area contributed by atoms with Crippen LogP contribution in [0.4, 0.5) is 13.2 Å². The number of halogens is 4. The zero-order valence-electron chi connectivity index (χ0n) is 10.6. The quantitative estimate of drug-likeness (QED) is 0.565. The van der Waals surface area contributed by atoms with Gasteiger partial charge in [0, 0.05) is 10.9 Å². The number of thiazole rings is 1. The lowest BCUT2D eigenvalue weighted by molar-refractivity contribution is -0.137. The van der Waals surface area contributed by atoms with Gasteiger partial charge in [0.1, 0.15) is 0 Å². The van der Waals surface area contributed by atoms with Gasteiger partial charge in [0.2, 0.25) is 0 Å². The third-order valence-corrected chi connectivity index (χ3v) is 4.52. The molecule has 108 valence electrons. The van der Waals surface area contributed by atoms with E-state index in [1.54, 1.807) is 6.07 Å². The van der Waals surface area contributed by atoms with Crippen molar-refractivity contribution < 1.29 is 13.2 Å². The molecule has 6 heteroatoms. The Hall–Kier alpha value is -1.40. The van der Waals surface area contributed by atoms with Crippen LogP contribution in [0.2, 0.25) is 0 Å². The van der Waals surface area contributed by atoms with Gasteiger partial charge in [-0.25, -0.2) is 4.98 Å². The second-order valence-electron chi connectivity index (χ2n) is 4.59. The van der Waals surface area contributed by atoms with Crippen molar-refractivity contribution in [2.75, 3.05) is 0 Å². The summed E-state index contributed by atoms with van der Waals surface area (Å²) in [6, 6.07) is 11.1. The SMILES string of the molecule is FC(F)(F)c1cccc(Cc2nc3ccc(Br)cc3s2)c1. The minimum Gasteiger partial charge on any atom is -0.241 e. The Morgan fingerprint density at radius 1 is 1.10 bits per heavy atom. The molecule has 0 unspecified atom stereocenters. The highest BCUT2D eigenvalue weighted by molar-refractivity contribution is 9.10. The average Bonchev–Trinajstić information content (AvgIpc) is 2.79. The van der Waals surface area contributed by atoms with Gasteiger partial charge in [0.15, 0.2) is 0 Å². The molecule has 1 nitrogen and oxygen atoms in total. The Labute approximate surface area is 131 Å². The van der Waals surface area contributed by atoms with Gasteiger partial charge in [-0.3, -0.25) is 0 Å². The first-order chi connectivity index (χ1) is 9.91. The van der Waals surface area contributed by atoms with E-state index >= 15 is 0 Å². The standard InChI is InChI=1S/C15H9BrF3NS/c16-11-4-5-12-13(8-11)21-14(20-12)7-9-2-1-3-10(6-9)15(17,18)19/h1-6,8H,7H2. The summed E-state index contributed by atoms with van der Waals surface area (Å²) in [6.45, 7) is 0. The summed E-state index contributed by atoms with van der Waals surface area (Å²) in [7, 11) is 0. The third-order valence-electron chi connectivity index (χ3n) is 3.00. The molecular weight excluding hydrogens is 363 g/mol. The first-order valence-corrected chi connectivity index (χ1v) is 7.74. The fraction of sp³-hybridized carbons (Fsp3) is 0.133. The van der Waals surface area contributed by atoms with Crippen molar-refractivity contribution in [2.45, 2.75) is 12.6 Å². The number of fused-ring (bicyclic) bond motifs is 1. The topological polar surface area (TPSA) is 12.9 Å². The predicted octanol–water partition coefficient (Wildman–Crippen LogP) is 5.67. The van der Waals surface area contributed by atoms with E-state index in [4.69, 9.17) is 0 Å². The van der Waals surface area contributed by atoms with E-state index in [-0.39, 0.29) is 0 Å².